The minimum Gasteiger partial charge on any atom is -0.359 e. The Balaban J connectivity index is 2.40. The fourth-order valence-corrected chi connectivity index (χ4v) is 2.58. The minimum atomic E-state index is -0.225. The fourth-order valence-electron chi connectivity index (χ4n) is 1.61. The molecule has 0 saturated carbocycles. The molecule has 0 spiro atoms. The molecule has 4 heteroatoms. The zero-order valence-electron chi connectivity index (χ0n) is 10.1. The third-order valence-electron chi connectivity index (χ3n) is 2.34. The second-order valence-corrected chi connectivity index (χ2v) is 5.41. The van der Waals surface area contributed by atoms with Crippen LogP contribution in [-0.2, 0) is 0 Å². The lowest BCUT2D eigenvalue weighted by molar-refractivity contribution is 0.631. The molecule has 0 atom stereocenters. The molecular formula is C13H15FN2S. The van der Waals surface area contributed by atoms with Crippen molar-refractivity contribution in [3.05, 3.63) is 35.0 Å². The lowest BCUT2D eigenvalue weighted by Gasteiger charge is -2.04. The smallest absolute Gasteiger partial charge is 0.183 e. The molecule has 90 valence electrons. The molecule has 1 aromatic carbocycles. The number of hydrogen-bond acceptors (Lipinski definition) is 3. The lowest BCUT2D eigenvalue weighted by atomic mass is 10.1. The van der Waals surface area contributed by atoms with Gasteiger partial charge in [0.1, 0.15) is 5.82 Å². The molecule has 0 aliphatic heterocycles. The van der Waals surface area contributed by atoms with Gasteiger partial charge in [0.2, 0.25) is 0 Å². The van der Waals surface area contributed by atoms with E-state index in [2.05, 4.69) is 24.1 Å². The van der Waals surface area contributed by atoms with Gasteiger partial charge in [-0.15, -0.1) is 11.3 Å². The van der Waals surface area contributed by atoms with Gasteiger partial charge >= 0.3 is 0 Å². The Morgan fingerprint density at radius 1 is 1.29 bits per heavy atom. The van der Waals surface area contributed by atoms with Crippen LogP contribution in [0.15, 0.2) is 24.3 Å². The van der Waals surface area contributed by atoms with Crippen molar-refractivity contribution >= 4 is 16.5 Å². The number of aryl methyl sites for hydroxylation is 1. The summed E-state index contributed by atoms with van der Waals surface area (Å²) in [6.45, 7) is 6.07. The second-order valence-electron chi connectivity index (χ2n) is 4.20. The van der Waals surface area contributed by atoms with E-state index in [0.29, 0.717) is 11.6 Å². The Labute approximate surface area is 105 Å². The van der Waals surface area contributed by atoms with Crippen molar-refractivity contribution < 1.29 is 4.39 Å². The molecule has 1 heterocycles. The summed E-state index contributed by atoms with van der Waals surface area (Å²) in [5.41, 5.74) is 1.30. The first kappa shape index (κ1) is 12.0. The highest BCUT2D eigenvalue weighted by Gasteiger charge is 2.13. The molecule has 2 nitrogen and oxygen atoms in total. The van der Waals surface area contributed by atoms with Gasteiger partial charge in [-0.05, 0) is 32.9 Å². The number of nitrogens with zero attached hydrogens (tertiary/aromatic N) is 1. The van der Waals surface area contributed by atoms with Crippen LogP contribution in [0.25, 0.3) is 11.3 Å². The Morgan fingerprint density at radius 3 is 2.65 bits per heavy atom. The summed E-state index contributed by atoms with van der Waals surface area (Å²) in [7, 11) is 0. The van der Waals surface area contributed by atoms with Crippen molar-refractivity contribution in [1.29, 1.82) is 0 Å². The van der Waals surface area contributed by atoms with Gasteiger partial charge < -0.3 is 5.32 Å². The van der Waals surface area contributed by atoms with Crippen LogP contribution in [0.2, 0.25) is 0 Å². The van der Waals surface area contributed by atoms with E-state index in [1.807, 2.05) is 13.0 Å². The van der Waals surface area contributed by atoms with Gasteiger partial charge in [0.25, 0.3) is 0 Å². The average Bonchev–Trinajstić information content (AvgIpc) is 2.59. The zero-order valence-corrected chi connectivity index (χ0v) is 10.9. The van der Waals surface area contributed by atoms with Crippen LogP contribution in [0.3, 0.4) is 0 Å². The topological polar surface area (TPSA) is 24.9 Å². The lowest BCUT2D eigenvalue weighted by Crippen LogP contribution is -2.09. The highest BCUT2D eigenvalue weighted by Crippen LogP contribution is 2.31. The van der Waals surface area contributed by atoms with E-state index in [4.69, 9.17) is 0 Å². The molecule has 1 N–H and O–H groups in total. The second kappa shape index (κ2) is 4.84. The van der Waals surface area contributed by atoms with Crippen molar-refractivity contribution in [3.8, 4) is 11.3 Å². The van der Waals surface area contributed by atoms with Crippen molar-refractivity contribution in [1.82, 2.24) is 4.98 Å². The van der Waals surface area contributed by atoms with E-state index in [0.717, 1.165) is 15.7 Å². The molecule has 0 amide bonds. The van der Waals surface area contributed by atoms with E-state index >= 15 is 0 Å². The predicted molar refractivity (Wildman–Crippen MR) is 71.0 cm³/mol. The Bertz CT molecular complexity index is 520. The summed E-state index contributed by atoms with van der Waals surface area (Å²) >= 11 is 1.56. The highest BCUT2D eigenvalue weighted by atomic mass is 32.1. The molecule has 2 rings (SSSR count). The molecule has 0 aliphatic rings. The van der Waals surface area contributed by atoms with Gasteiger partial charge in [-0.3, -0.25) is 0 Å². The minimum absolute atomic E-state index is 0.225. The van der Waals surface area contributed by atoms with Crippen molar-refractivity contribution in [2.45, 2.75) is 26.8 Å². The Morgan fingerprint density at radius 2 is 2.00 bits per heavy atom. The number of thiazole rings is 1. The van der Waals surface area contributed by atoms with Crippen LogP contribution in [-0.4, -0.2) is 11.0 Å². The molecule has 2 aromatic rings. The molecular weight excluding hydrogens is 235 g/mol. The number of benzene rings is 1. The predicted octanol–water partition coefficient (Wildman–Crippen LogP) is 4.08. The van der Waals surface area contributed by atoms with Gasteiger partial charge in [-0.25, -0.2) is 9.37 Å². The number of halogens is 1. The van der Waals surface area contributed by atoms with Crippen LogP contribution < -0.4 is 5.32 Å². The summed E-state index contributed by atoms with van der Waals surface area (Å²) in [4.78, 5) is 5.47. The first-order valence-corrected chi connectivity index (χ1v) is 6.38. The quantitative estimate of drug-likeness (QED) is 0.888. The van der Waals surface area contributed by atoms with Crippen LogP contribution in [0.1, 0.15) is 18.7 Å². The SMILES string of the molecule is Cc1sc(NC(C)C)nc1-c1ccccc1F. The Kier molecular flexibility index (Phi) is 3.43. The summed E-state index contributed by atoms with van der Waals surface area (Å²) in [5, 5.41) is 4.08. The monoisotopic (exact) mass is 250 g/mol. The van der Waals surface area contributed by atoms with Gasteiger partial charge in [-0.1, -0.05) is 12.1 Å². The molecule has 0 radical (unpaired) electrons. The number of hydrogen-bond donors (Lipinski definition) is 1. The molecule has 17 heavy (non-hydrogen) atoms. The van der Waals surface area contributed by atoms with Gasteiger partial charge in [-0.2, -0.15) is 0 Å². The van der Waals surface area contributed by atoms with Crippen molar-refractivity contribution in [3.63, 3.8) is 0 Å². The van der Waals surface area contributed by atoms with Gasteiger partial charge in [0, 0.05) is 16.5 Å². The van der Waals surface area contributed by atoms with E-state index in [1.165, 1.54) is 6.07 Å². The van der Waals surface area contributed by atoms with E-state index in [-0.39, 0.29) is 5.82 Å². The fraction of sp³-hybridized carbons (Fsp3) is 0.308. The van der Waals surface area contributed by atoms with Crippen molar-refractivity contribution in [2.24, 2.45) is 0 Å². The summed E-state index contributed by atoms with van der Waals surface area (Å²) in [6, 6.07) is 7.06. The number of rotatable bonds is 3. The maximum absolute atomic E-state index is 13.7. The Hall–Kier alpha value is -1.42. The molecule has 0 aliphatic carbocycles. The van der Waals surface area contributed by atoms with E-state index < -0.39 is 0 Å². The number of anilines is 1. The molecule has 1 aromatic heterocycles. The maximum atomic E-state index is 13.7. The zero-order chi connectivity index (χ0) is 12.4. The number of aromatic nitrogens is 1. The third-order valence-corrected chi connectivity index (χ3v) is 3.24. The molecule has 0 bridgehead atoms. The maximum Gasteiger partial charge on any atom is 0.183 e. The largest absolute Gasteiger partial charge is 0.359 e. The third kappa shape index (κ3) is 2.64. The number of nitrogens with one attached hydrogen (secondary N) is 1. The summed E-state index contributed by atoms with van der Waals surface area (Å²) in [5.74, 6) is -0.225. The van der Waals surface area contributed by atoms with Crippen molar-refractivity contribution in [2.75, 3.05) is 5.32 Å². The normalized spacial score (nSPS) is 10.9. The van der Waals surface area contributed by atoms with Gasteiger partial charge in [0.15, 0.2) is 5.13 Å². The van der Waals surface area contributed by atoms with Crippen LogP contribution >= 0.6 is 11.3 Å². The van der Waals surface area contributed by atoms with Crippen LogP contribution in [0, 0.1) is 12.7 Å². The highest BCUT2D eigenvalue weighted by molar-refractivity contribution is 7.16. The molecule has 0 saturated heterocycles. The van der Waals surface area contributed by atoms with Crippen LogP contribution in [0.5, 0.6) is 0 Å². The molecule has 0 fully saturated rings. The first-order chi connectivity index (χ1) is 8.08. The van der Waals surface area contributed by atoms with E-state index in [1.54, 1.807) is 23.5 Å². The molecule has 0 unspecified atom stereocenters. The van der Waals surface area contributed by atoms with E-state index in [9.17, 15) is 4.39 Å². The summed E-state index contributed by atoms with van der Waals surface area (Å²) in [6.07, 6.45) is 0. The van der Waals surface area contributed by atoms with Crippen LogP contribution in [0.4, 0.5) is 9.52 Å². The standard InChI is InChI=1S/C13H15FN2S/c1-8(2)15-13-16-12(9(3)17-13)10-6-4-5-7-11(10)14/h4-8H,1-3H3,(H,15,16). The summed E-state index contributed by atoms with van der Waals surface area (Å²) < 4.78 is 13.7. The van der Waals surface area contributed by atoms with Gasteiger partial charge in [0.05, 0.1) is 5.69 Å². The average molecular weight is 250 g/mol. The first-order valence-electron chi connectivity index (χ1n) is 5.57.